The van der Waals surface area contributed by atoms with Gasteiger partial charge in [0.1, 0.15) is 12.0 Å². The molecule has 2 aromatic carbocycles. The van der Waals surface area contributed by atoms with Crippen molar-refractivity contribution in [3.05, 3.63) is 63.2 Å². The lowest BCUT2D eigenvalue weighted by Crippen LogP contribution is -1.97. The molecule has 20 heavy (non-hydrogen) atoms. The third-order valence-corrected chi connectivity index (χ3v) is 2.94. The van der Waals surface area contributed by atoms with Crippen LogP contribution in [0.3, 0.4) is 0 Å². The highest BCUT2D eigenvalue weighted by Crippen LogP contribution is 2.35. The Labute approximate surface area is 116 Å². The molecular formula is C15H13NO4. The Kier molecular flexibility index (Phi) is 3.79. The van der Waals surface area contributed by atoms with E-state index < -0.39 is 4.92 Å². The quantitative estimate of drug-likeness (QED) is 0.481. The highest BCUT2D eigenvalue weighted by Gasteiger charge is 2.19. The molecule has 0 heterocycles. The molecule has 5 nitrogen and oxygen atoms in total. The Hall–Kier alpha value is -2.69. The number of rotatable bonds is 4. The first-order chi connectivity index (χ1) is 9.52. The van der Waals surface area contributed by atoms with E-state index in [-0.39, 0.29) is 11.4 Å². The van der Waals surface area contributed by atoms with Crippen molar-refractivity contribution in [2.45, 2.75) is 13.8 Å². The van der Waals surface area contributed by atoms with Gasteiger partial charge in [-0.05, 0) is 43.7 Å². The van der Waals surface area contributed by atoms with E-state index in [1.807, 2.05) is 0 Å². The SMILES string of the molecule is Cc1cc(C=O)ccc1Oc1cccc(C)c1[N+](=O)[O-]. The number of aryl methyl sites for hydroxylation is 2. The number of carbonyl (C=O) groups is 1. The van der Waals surface area contributed by atoms with Crippen molar-refractivity contribution >= 4 is 12.0 Å². The van der Waals surface area contributed by atoms with Gasteiger partial charge >= 0.3 is 5.69 Å². The Balaban J connectivity index is 2.42. The molecule has 102 valence electrons. The average molecular weight is 271 g/mol. The second-order valence-corrected chi connectivity index (χ2v) is 4.42. The van der Waals surface area contributed by atoms with E-state index in [9.17, 15) is 14.9 Å². The van der Waals surface area contributed by atoms with Crippen molar-refractivity contribution in [2.24, 2.45) is 0 Å². The second-order valence-electron chi connectivity index (χ2n) is 4.42. The summed E-state index contributed by atoms with van der Waals surface area (Å²) >= 11 is 0. The maximum absolute atomic E-state index is 11.1. The molecule has 0 aromatic heterocycles. The summed E-state index contributed by atoms with van der Waals surface area (Å²) in [7, 11) is 0. The van der Waals surface area contributed by atoms with Gasteiger partial charge in [-0.15, -0.1) is 0 Å². The van der Waals surface area contributed by atoms with Crippen molar-refractivity contribution in [3.63, 3.8) is 0 Å². The van der Waals surface area contributed by atoms with Gasteiger partial charge < -0.3 is 4.74 Å². The van der Waals surface area contributed by atoms with Crippen LogP contribution >= 0.6 is 0 Å². The predicted octanol–water partition coefficient (Wildman–Crippen LogP) is 3.82. The van der Waals surface area contributed by atoms with Gasteiger partial charge in [-0.25, -0.2) is 0 Å². The first kappa shape index (κ1) is 13.7. The molecule has 5 heteroatoms. The van der Waals surface area contributed by atoms with Gasteiger partial charge in [-0.2, -0.15) is 0 Å². The van der Waals surface area contributed by atoms with Gasteiger partial charge in [0.05, 0.1) is 4.92 Å². The molecule has 0 amide bonds. The molecule has 0 N–H and O–H groups in total. The number of hydrogen-bond acceptors (Lipinski definition) is 4. The molecule has 0 spiro atoms. The molecule has 2 aromatic rings. The van der Waals surface area contributed by atoms with Crippen LogP contribution in [-0.2, 0) is 0 Å². The van der Waals surface area contributed by atoms with E-state index in [1.54, 1.807) is 50.2 Å². The highest BCUT2D eigenvalue weighted by atomic mass is 16.6. The van der Waals surface area contributed by atoms with E-state index in [2.05, 4.69) is 0 Å². The number of nitro groups is 1. The zero-order chi connectivity index (χ0) is 14.7. The standard InChI is InChI=1S/C15H13NO4/c1-10-4-3-5-14(15(10)16(18)19)20-13-7-6-12(9-17)8-11(13)2/h3-9H,1-2H3. The molecule has 0 fully saturated rings. The number of hydrogen-bond donors (Lipinski definition) is 0. The van der Waals surface area contributed by atoms with Crippen LogP contribution < -0.4 is 4.74 Å². The monoisotopic (exact) mass is 271 g/mol. The molecule has 0 aliphatic carbocycles. The van der Waals surface area contributed by atoms with Crippen LogP contribution in [0.4, 0.5) is 5.69 Å². The lowest BCUT2D eigenvalue weighted by molar-refractivity contribution is -0.386. The molecule has 0 saturated carbocycles. The zero-order valence-electron chi connectivity index (χ0n) is 11.1. The number of para-hydroxylation sites is 1. The maximum Gasteiger partial charge on any atom is 0.314 e. The van der Waals surface area contributed by atoms with Crippen LogP contribution in [0, 0.1) is 24.0 Å². The van der Waals surface area contributed by atoms with Gasteiger partial charge in [-0.3, -0.25) is 14.9 Å². The van der Waals surface area contributed by atoms with E-state index in [4.69, 9.17) is 4.74 Å². The average Bonchev–Trinajstić information content (AvgIpc) is 2.40. The minimum atomic E-state index is -0.459. The predicted molar refractivity (Wildman–Crippen MR) is 74.5 cm³/mol. The van der Waals surface area contributed by atoms with Crippen LogP contribution in [0.1, 0.15) is 21.5 Å². The lowest BCUT2D eigenvalue weighted by atomic mass is 10.1. The van der Waals surface area contributed by atoms with Crippen LogP contribution in [0.5, 0.6) is 11.5 Å². The summed E-state index contributed by atoms with van der Waals surface area (Å²) in [5, 5.41) is 11.1. The fourth-order valence-corrected chi connectivity index (χ4v) is 1.93. The van der Waals surface area contributed by atoms with Gasteiger partial charge in [0.2, 0.25) is 5.75 Å². The second kappa shape index (κ2) is 5.52. The molecule has 0 atom stereocenters. The van der Waals surface area contributed by atoms with E-state index in [0.29, 0.717) is 16.9 Å². The number of benzene rings is 2. The topological polar surface area (TPSA) is 69.4 Å². The van der Waals surface area contributed by atoms with E-state index >= 15 is 0 Å². The number of nitro benzene ring substituents is 1. The lowest BCUT2D eigenvalue weighted by Gasteiger charge is -2.10. The first-order valence-electron chi connectivity index (χ1n) is 6.00. The van der Waals surface area contributed by atoms with Gasteiger partial charge in [0.15, 0.2) is 0 Å². The number of ether oxygens (including phenoxy) is 1. The number of nitrogens with zero attached hydrogens (tertiary/aromatic N) is 1. The fourth-order valence-electron chi connectivity index (χ4n) is 1.93. The van der Waals surface area contributed by atoms with Gasteiger partial charge in [0.25, 0.3) is 0 Å². The normalized spacial score (nSPS) is 10.1. The number of aldehydes is 1. The number of carbonyl (C=O) groups excluding carboxylic acids is 1. The van der Waals surface area contributed by atoms with Crippen molar-refractivity contribution < 1.29 is 14.5 Å². The summed E-state index contributed by atoms with van der Waals surface area (Å²) in [4.78, 5) is 21.3. The fraction of sp³-hybridized carbons (Fsp3) is 0.133. The zero-order valence-corrected chi connectivity index (χ0v) is 11.1. The molecule has 0 radical (unpaired) electrons. The third kappa shape index (κ3) is 2.66. The van der Waals surface area contributed by atoms with E-state index in [1.165, 1.54) is 0 Å². The van der Waals surface area contributed by atoms with Gasteiger partial charge in [0, 0.05) is 11.1 Å². The first-order valence-corrected chi connectivity index (χ1v) is 6.00. The van der Waals surface area contributed by atoms with Crippen LogP contribution in [-0.4, -0.2) is 11.2 Å². The van der Waals surface area contributed by atoms with Crippen LogP contribution in [0.25, 0.3) is 0 Å². The Morgan fingerprint density at radius 1 is 1.10 bits per heavy atom. The highest BCUT2D eigenvalue weighted by molar-refractivity contribution is 5.75. The summed E-state index contributed by atoms with van der Waals surface area (Å²) < 4.78 is 5.62. The van der Waals surface area contributed by atoms with Crippen molar-refractivity contribution in [2.75, 3.05) is 0 Å². The largest absolute Gasteiger partial charge is 0.450 e. The minimum absolute atomic E-state index is 0.0497. The van der Waals surface area contributed by atoms with Crippen LogP contribution in [0.15, 0.2) is 36.4 Å². The van der Waals surface area contributed by atoms with Crippen molar-refractivity contribution in [3.8, 4) is 11.5 Å². The van der Waals surface area contributed by atoms with Crippen molar-refractivity contribution in [1.29, 1.82) is 0 Å². The van der Waals surface area contributed by atoms with E-state index in [0.717, 1.165) is 11.8 Å². The summed E-state index contributed by atoms with van der Waals surface area (Å²) in [6.07, 6.45) is 0.742. The summed E-state index contributed by atoms with van der Waals surface area (Å²) in [5.41, 5.74) is 1.76. The Morgan fingerprint density at radius 3 is 2.45 bits per heavy atom. The summed E-state index contributed by atoms with van der Waals surface area (Å²) in [5.74, 6) is 0.682. The summed E-state index contributed by atoms with van der Waals surface area (Å²) in [6, 6.07) is 9.82. The molecule has 0 aliphatic rings. The molecule has 0 unspecified atom stereocenters. The maximum atomic E-state index is 11.1. The molecule has 0 saturated heterocycles. The summed E-state index contributed by atoms with van der Waals surface area (Å²) in [6.45, 7) is 3.44. The van der Waals surface area contributed by atoms with Crippen LogP contribution in [0.2, 0.25) is 0 Å². The van der Waals surface area contributed by atoms with Crippen molar-refractivity contribution in [1.82, 2.24) is 0 Å². The third-order valence-electron chi connectivity index (χ3n) is 2.94. The molecular weight excluding hydrogens is 258 g/mol. The smallest absolute Gasteiger partial charge is 0.314 e. The van der Waals surface area contributed by atoms with Gasteiger partial charge in [-0.1, -0.05) is 12.1 Å². The molecule has 2 rings (SSSR count). The molecule has 0 aliphatic heterocycles. The minimum Gasteiger partial charge on any atom is -0.450 e. The Morgan fingerprint density at radius 2 is 1.85 bits per heavy atom. The Bertz CT molecular complexity index is 680. The molecule has 0 bridgehead atoms.